The predicted molar refractivity (Wildman–Crippen MR) is 50.6 cm³/mol. The van der Waals surface area contributed by atoms with E-state index in [1.165, 1.54) is 25.7 Å². The van der Waals surface area contributed by atoms with Crippen LogP contribution in [0.25, 0.3) is 0 Å². The molecule has 1 aliphatic heterocycles. The molecule has 1 saturated heterocycles. The van der Waals surface area contributed by atoms with Crippen LogP contribution in [0.4, 0.5) is 0 Å². The zero-order valence-electron chi connectivity index (χ0n) is 8.23. The molecule has 1 heterocycles. The van der Waals surface area contributed by atoms with Crippen molar-refractivity contribution in [2.45, 2.75) is 52.0 Å². The molecule has 0 amide bonds. The monoisotopic (exact) mass is 170 g/mol. The van der Waals surface area contributed by atoms with Crippen LogP contribution in [0, 0.1) is 6.23 Å². The van der Waals surface area contributed by atoms with Gasteiger partial charge in [0, 0.05) is 12.6 Å². The molecule has 0 bridgehead atoms. The summed E-state index contributed by atoms with van der Waals surface area (Å²) in [5, 5.41) is 3.46. The highest BCUT2D eigenvalue weighted by molar-refractivity contribution is 4.83. The van der Waals surface area contributed by atoms with Gasteiger partial charge in [-0.2, -0.15) is 0 Å². The fourth-order valence-electron chi connectivity index (χ4n) is 1.57. The SMILES string of the molecule is CCCC(CC)N[C]1CCCO1. The summed E-state index contributed by atoms with van der Waals surface area (Å²) in [5.41, 5.74) is 0. The summed E-state index contributed by atoms with van der Waals surface area (Å²) in [4.78, 5) is 0. The highest BCUT2D eigenvalue weighted by atomic mass is 16.5. The molecule has 12 heavy (non-hydrogen) atoms. The van der Waals surface area contributed by atoms with Gasteiger partial charge in [0.15, 0.2) is 6.23 Å². The maximum Gasteiger partial charge on any atom is 0.162 e. The highest BCUT2D eigenvalue weighted by Gasteiger charge is 2.19. The van der Waals surface area contributed by atoms with Gasteiger partial charge in [-0.1, -0.05) is 20.3 Å². The van der Waals surface area contributed by atoms with Crippen molar-refractivity contribution in [1.29, 1.82) is 0 Å². The average molecular weight is 170 g/mol. The first-order valence-electron chi connectivity index (χ1n) is 5.12. The second kappa shape index (κ2) is 5.55. The van der Waals surface area contributed by atoms with Gasteiger partial charge in [0.2, 0.25) is 0 Å². The van der Waals surface area contributed by atoms with Gasteiger partial charge in [-0.25, -0.2) is 0 Å². The summed E-state index contributed by atoms with van der Waals surface area (Å²) in [6.07, 6.45) is 7.11. The smallest absolute Gasteiger partial charge is 0.162 e. The summed E-state index contributed by atoms with van der Waals surface area (Å²) in [7, 11) is 0. The number of hydrogen-bond donors (Lipinski definition) is 1. The first-order chi connectivity index (χ1) is 5.86. The summed E-state index contributed by atoms with van der Waals surface area (Å²) in [5.74, 6) is 0. The van der Waals surface area contributed by atoms with E-state index in [-0.39, 0.29) is 0 Å². The van der Waals surface area contributed by atoms with E-state index in [0.717, 1.165) is 19.3 Å². The van der Waals surface area contributed by atoms with Gasteiger partial charge in [-0.3, -0.25) is 5.32 Å². The number of hydrogen-bond acceptors (Lipinski definition) is 2. The second-order valence-corrected chi connectivity index (χ2v) is 3.41. The normalized spacial score (nSPS) is 21.5. The van der Waals surface area contributed by atoms with Crippen LogP contribution in [0.5, 0.6) is 0 Å². The van der Waals surface area contributed by atoms with E-state index in [4.69, 9.17) is 4.74 Å². The van der Waals surface area contributed by atoms with E-state index in [1.807, 2.05) is 0 Å². The van der Waals surface area contributed by atoms with E-state index < -0.39 is 0 Å². The molecule has 0 aliphatic carbocycles. The van der Waals surface area contributed by atoms with E-state index >= 15 is 0 Å². The van der Waals surface area contributed by atoms with Crippen molar-refractivity contribution in [3.8, 4) is 0 Å². The molecule has 1 fully saturated rings. The number of rotatable bonds is 5. The van der Waals surface area contributed by atoms with Crippen molar-refractivity contribution in [3.05, 3.63) is 6.23 Å². The molecule has 1 atom stereocenters. The van der Waals surface area contributed by atoms with Crippen LogP contribution < -0.4 is 5.32 Å². The third-order valence-corrected chi connectivity index (χ3v) is 2.32. The van der Waals surface area contributed by atoms with Crippen molar-refractivity contribution in [2.24, 2.45) is 0 Å². The first kappa shape index (κ1) is 10.0. The minimum atomic E-state index is 0.628. The van der Waals surface area contributed by atoms with Gasteiger partial charge in [-0.15, -0.1) is 0 Å². The zero-order valence-corrected chi connectivity index (χ0v) is 8.23. The third kappa shape index (κ3) is 3.11. The predicted octanol–water partition coefficient (Wildman–Crippen LogP) is 2.45. The molecular weight excluding hydrogens is 150 g/mol. The molecule has 0 aromatic heterocycles. The molecule has 1 N–H and O–H groups in total. The molecule has 2 nitrogen and oxygen atoms in total. The minimum Gasteiger partial charge on any atom is -0.356 e. The van der Waals surface area contributed by atoms with Gasteiger partial charge in [0.25, 0.3) is 0 Å². The maximum absolute atomic E-state index is 5.44. The number of ether oxygens (including phenoxy) is 1. The molecule has 0 aromatic carbocycles. The Morgan fingerprint density at radius 1 is 1.50 bits per heavy atom. The topological polar surface area (TPSA) is 21.3 Å². The Morgan fingerprint density at radius 2 is 2.33 bits per heavy atom. The van der Waals surface area contributed by atoms with E-state index in [9.17, 15) is 0 Å². The lowest BCUT2D eigenvalue weighted by Gasteiger charge is -2.19. The van der Waals surface area contributed by atoms with Crippen LogP contribution >= 0.6 is 0 Å². The van der Waals surface area contributed by atoms with Crippen molar-refractivity contribution >= 4 is 0 Å². The zero-order chi connectivity index (χ0) is 8.81. The Kier molecular flexibility index (Phi) is 4.62. The lowest BCUT2D eigenvalue weighted by Crippen LogP contribution is -2.31. The molecule has 1 aliphatic rings. The van der Waals surface area contributed by atoms with E-state index in [0.29, 0.717) is 6.04 Å². The summed E-state index contributed by atoms with van der Waals surface area (Å²) in [6, 6.07) is 0.628. The van der Waals surface area contributed by atoms with Crippen LogP contribution in [-0.4, -0.2) is 12.6 Å². The van der Waals surface area contributed by atoms with Crippen molar-refractivity contribution in [2.75, 3.05) is 6.61 Å². The van der Waals surface area contributed by atoms with Crippen molar-refractivity contribution in [3.63, 3.8) is 0 Å². The lowest BCUT2D eigenvalue weighted by atomic mass is 10.1. The Hall–Kier alpha value is -0.0800. The summed E-state index contributed by atoms with van der Waals surface area (Å²) < 4.78 is 5.44. The molecule has 0 aromatic rings. The second-order valence-electron chi connectivity index (χ2n) is 3.41. The van der Waals surface area contributed by atoms with Crippen LogP contribution in [0.15, 0.2) is 0 Å². The van der Waals surface area contributed by atoms with Gasteiger partial charge in [-0.05, 0) is 25.7 Å². The molecule has 1 unspecified atom stereocenters. The largest absolute Gasteiger partial charge is 0.356 e. The molecule has 71 valence electrons. The maximum atomic E-state index is 5.44. The Morgan fingerprint density at radius 3 is 2.83 bits per heavy atom. The molecular formula is C10H20NO. The minimum absolute atomic E-state index is 0.628. The van der Waals surface area contributed by atoms with Gasteiger partial charge in [0.05, 0.1) is 0 Å². The Labute approximate surface area is 75.7 Å². The molecule has 0 saturated carbocycles. The van der Waals surface area contributed by atoms with Crippen molar-refractivity contribution in [1.82, 2.24) is 5.32 Å². The fraction of sp³-hybridized carbons (Fsp3) is 0.900. The Balaban J connectivity index is 2.16. The summed E-state index contributed by atoms with van der Waals surface area (Å²) >= 11 is 0. The van der Waals surface area contributed by atoms with Crippen LogP contribution in [-0.2, 0) is 4.74 Å². The van der Waals surface area contributed by atoms with Crippen LogP contribution in [0.3, 0.4) is 0 Å². The molecule has 1 radical (unpaired) electrons. The first-order valence-corrected chi connectivity index (χ1v) is 5.12. The lowest BCUT2D eigenvalue weighted by molar-refractivity contribution is 0.160. The molecule has 2 heteroatoms. The highest BCUT2D eigenvalue weighted by Crippen LogP contribution is 2.18. The van der Waals surface area contributed by atoms with Crippen molar-refractivity contribution < 1.29 is 4.74 Å². The Bertz CT molecular complexity index is 110. The van der Waals surface area contributed by atoms with Gasteiger partial charge < -0.3 is 4.74 Å². The van der Waals surface area contributed by atoms with E-state index in [2.05, 4.69) is 19.2 Å². The number of nitrogens with one attached hydrogen (secondary N) is 1. The summed E-state index contributed by atoms with van der Waals surface area (Å²) in [6.45, 7) is 5.36. The third-order valence-electron chi connectivity index (χ3n) is 2.32. The van der Waals surface area contributed by atoms with Crippen LogP contribution in [0.2, 0.25) is 0 Å². The van der Waals surface area contributed by atoms with Gasteiger partial charge >= 0.3 is 0 Å². The molecule has 1 rings (SSSR count). The quantitative estimate of drug-likeness (QED) is 0.684. The van der Waals surface area contributed by atoms with Crippen LogP contribution in [0.1, 0.15) is 46.0 Å². The van der Waals surface area contributed by atoms with Gasteiger partial charge in [0.1, 0.15) is 0 Å². The average Bonchev–Trinajstić information content (AvgIpc) is 2.56. The standard InChI is InChI=1S/C10H20NO/c1-3-6-9(4-2)11-10-7-5-8-12-10/h9,11H,3-8H2,1-2H3. The fourth-order valence-corrected chi connectivity index (χ4v) is 1.57. The molecule has 0 spiro atoms. The van der Waals surface area contributed by atoms with E-state index in [1.54, 1.807) is 0 Å².